The molecule has 1 aromatic heterocycles. The zero-order valence-electron chi connectivity index (χ0n) is 13.2. The number of nitrogens with zero attached hydrogens (tertiary/aromatic N) is 1. The topological polar surface area (TPSA) is 34.1 Å². The predicted molar refractivity (Wildman–Crippen MR) is 82.8 cm³/mol. The first kappa shape index (κ1) is 15.3. The molecule has 0 spiro atoms. The Hall–Kier alpha value is -1.09. The Morgan fingerprint density at radius 2 is 1.95 bits per heavy atom. The highest BCUT2D eigenvalue weighted by molar-refractivity contribution is 5.20. The molecule has 0 saturated heterocycles. The van der Waals surface area contributed by atoms with Gasteiger partial charge in [-0.05, 0) is 42.7 Å². The van der Waals surface area contributed by atoms with Gasteiger partial charge in [0, 0.05) is 24.8 Å². The van der Waals surface area contributed by atoms with E-state index in [1.54, 1.807) is 0 Å². The van der Waals surface area contributed by atoms with Crippen LogP contribution < -0.4 is 10.1 Å². The maximum Gasteiger partial charge on any atom is 0.213 e. The SMILES string of the molecule is CC1CC(C)CC(Oc2cc(CNC(C)C)ccn2)C1. The number of nitrogens with one attached hydrogen (secondary N) is 1. The summed E-state index contributed by atoms with van der Waals surface area (Å²) < 4.78 is 6.10. The Balaban J connectivity index is 1.93. The van der Waals surface area contributed by atoms with Gasteiger partial charge in [0.2, 0.25) is 5.88 Å². The summed E-state index contributed by atoms with van der Waals surface area (Å²) >= 11 is 0. The molecule has 20 heavy (non-hydrogen) atoms. The average molecular weight is 276 g/mol. The van der Waals surface area contributed by atoms with E-state index in [0.29, 0.717) is 12.1 Å². The minimum absolute atomic E-state index is 0.328. The quantitative estimate of drug-likeness (QED) is 0.888. The van der Waals surface area contributed by atoms with Crippen LogP contribution in [0.1, 0.15) is 52.5 Å². The highest BCUT2D eigenvalue weighted by atomic mass is 16.5. The summed E-state index contributed by atoms with van der Waals surface area (Å²) in [6, 6.07) is 4.61. The van der Waals surface area contributed by atoms with Crippen LogP contribution in [0.4, 0.5) is 0 Å². The minimum atomic E-state index is 0.328. The van der Waals surface area contributed by atoms with Crippen molar-refractivity contribution in [2.75, 3.05) is 0 Å². The molecule has 0 aromatic carbocycles. The molecule has 1 aliphatic carbocycles. The van der Waals surface area contributed by atoms with Crippen LogP contribution in [0.25, 0.3) is 0 Å². The van der Waals surface area contributed by atoms with Gasteiger partial charge in [-0.25, -0.2) is 4.98 Å². The predicted octanol–water partition coefficient (Wildman–Crippen LogP) is 3.78. The van der Waals surface area contributed by atoms with Gasteiger partial charge in [0.05, 0.1) is 0 Å². The van der Waals surface area contributed by atoms with Crippen LogP contribution in [-0.2, 0) is 6.54 Å². The minimum Gasteiger partial charge on any atom is -0.474 e. The molecule has 1 saturated carbocycles. The molecule has 3 nitrogen and oxygen atoms in total. The maximum absolute atomic E-state index is 6.10. The van der Waals surface area contributed by atoms with Crippen molar-refractivity contribution in [1.29, 1.82) is 0 Å². The lowest BCUT2D eigenvalue weighted by atomic mass is 9.82. The van der Waals surface area contributed by atoms with Crippen LogP contribution in [0.3, 0.4) is 0 Å². The monoisotopic (exact) mass is 276 g/mol. The van der Waals surface area contributed by atoms with E-state index < -0.39 is 0 Å². The summed E-state index contributed by atoms with van der Waals surface area (Å²) in [6.45, 7) is 9.83. The summed E-state index contributed by atoms with van der Waals surface area (Å²) in [4.78, 5) is 4.36. The Morgan fingerprint density at radius 1 is 1.25 bits per heavy atom. The molecule has 1 N–H and O–H groups in total. The van der Waals surface area contributed by atoms with E-state index in [1.165, 1.54) is 12.0 Å². The van der Waals surface area contributed by atoms with E-state index in [1.807, 2.05) is 12.3 Å². The van der Waals surface area contributed by atoms with Crippen LogP contribution in [0.15, 0.2) is 18.3 Å². The van der Waals surface area contributed by atoms with Crippen molar-refractivity contribution in [1.82, 2.24) is 10.3 Å². The molecule has 1 aliphatic rings. The number of pyridine rings is 1. The van der Waals surface area contributed by atoms with Gasteiger partial charge in [-0.3, -0.25) is 0 Å². The van der Waals surface area contributed by atoms with Crippen LogP contribution in [0.5, 0.6) is 5.88 Å². The maximum atomic E-state index is 6.10. The van der Waals surface area contributed by atoms with Gasteiger partial charge < -0.3 is 10.1 Å². The van der Waals surface area contributed by atoms with E-state index >= 15 is 0 Å². The third-order valence-corrected chi connectivity index (χ3v) is 3.94. The van der Waals surface area contributed by atoms with E-state index in [4.69, 9.17) is 4.74 Å². The molecular formula is C17H28N2O. The summed E-state index contributed by atoms with van der Waals surface area (Å²) in [7, 11) is 0. The van der Waals surface area contributed by atoms with Crippen molar-refractivity contribution in [3.63, 3.8) is 0 Å². The standard InChI is InChI=1S/C17H28N2O/c1-12(2)19-11-15-5-6-18-17(10-15)20-16-8-13(3)7-14(4)9-16/h5-6,10,12-14,16,19H,7-9,11H2,1-4H3. The van der Waals surface area contributed by atoms with Crippen LogP contribution in [-0.4, -0.2) is 17.1 Å². The largest absolute Gasteiger partial charge is 0.474 e. The molecule has 2 atom stereocenters. The molecule has 1 aromatic rings. The fourth-order valence-electron chi connectivity index (χ4n) is 3.09. The molecule has 0 amide bonds. The summed E-state index contributed by atoms with van der Waals surface area (Å²) in [6.07, 6.45) is 5.81. The van der Waals surface area contributed by atoms with E-state index in [9.17, 15) is 0 Å². The molecular weight excluding hydrogens is 248 g/mol. The number of hydrogen-bond donors (Lipinski definition) is 1. The zero-order chi connectivity index (χ0) is 14.5. The second-order valence-electron chi connectivity index (χ2n) is 6.70. The highest BCUT2D eigenvalue weighted by Crippen LogP contribution is 2.30. The lowest BCUT2D eigenvalue weighted by Crippen LogP contribution is -2.28. The van der Waals surface area contributed by atoms with Gasteiger partial charge in [0.1, 0.15) is 6.10 Å². The molecule has 112 valence electrons. The zero-order valence-corrected chi connectivity index (χ0v) is 13.2. The van der Waals surface area contributed by atoms with Crippen molar-refractivity contribution in [2.45, 2.75) is 65.6 Å². The van der Waals surface area contributed by atoms with Gasteiger partial charge in [0.15, 0.2) is 0 Å². The van der Waals surface area contributed by atoms with Crippen molar-refractivity contribution in [3.8, 4) is 5.88 Å². The molecule has 3 heteroatoms. The van der Waals surface area contributed by atoms with Gasteiger partial charge >= 0.3 is 0 Å². The number of aromatic nitrogens is 1. The first-order chi connectivity index (χ1) is 9.52. The fourth-order valence-corrected chi connectivity index (χ4v) is 3.09. The molecule has 1 heterocycles. The number of rotatable bonds is 5. The molecule has 0 radical (unpaired) electrons. The lowest BCUT2D eigenvalue weighted by molar-refractivity contribution is 0.0966. The van der Waals surface area contributed by atoms with E-state index in [0.717, 1.165) is 37.1 Å². The van der Waals surface area contributed by atoms with E-state index in [2.05, 4.69) is 44.1 Å². The molecule has 0 aliphatic heterocycles. The first-order valence-corrected chi connectivity index (χ1v) is 7.88. The summed E-state index contributed by atoms with van der Waals surface area (Å²) in [5.41, 5.74) is 1.24. The van der Waals surface area contributed by atoms with E-state index in [-0.39, 0.29) is 0 Å². The molecule has 0 bridgehead atoms. The van der Waals surface area contributed by atoms with Crippen molar-refractivity contribution < 1.29 is 4.74 Å². The lowest BCUT2D eigenvalue weighted by Gasteiger charge is -2.31. The molecule has 2 unspecified atom stereocenters. The van der Waals surface area contributed by atoms with Gasteiger partial charge in [0.25, 0.3) is 0 Å². The third-order valence-electron chi connectivity index (χ3n) is 3.94. The number of hydrogen-bond acceptors (Lipinski definition) is 3. The Labute approximate surface area is 123 Å². The first-order valence-electron chi connectivity index (χ1n) is 7.88. The van der Waals surface area contributed by atoms with Crippen LogP contribution in [0.2, 0.25) is 0 Å². The van der Waals surface area contributed by atoms with Crippen LogP contribution >= 0.6 is 0 Å². The normalized spacial score (nSPS) is 26.8. The van der Waals surface area contributed by atoms with Gasteiger partial charge in [-0.2, -0.15) is 0 Å². The summed E-state index contributed by atoms with van der Waals surface area (Å²) in [5, 5.41) is 3.42. The van der Waals surface area contributed by atoms with Crippen molar-refractivity contribution in [2.24, 2.45) is 11.8 Å². The fraction of sp³-hybridized carbons (Fsp3) is 0.706. The van der Waals surface area contributed by atoms with Crippen molar-refractivity contribution >= 4 is 0 Å². The van der Waals surface area contributed by atoms with Crippen LogP contribution in [0, 0.1) is 11.8 Å². The highest BCUT2D eigenvalue weighted by Gasteiger charge is 2.25. The average Bonchev–Trinajstić information content (AvgIpc) is 2.35. The Morgan fingerprint density at radius 3 is 2.60 bits per heavy atom. The Bertz CT molecular complexity index is 409. The second kappa shape index (κ2) is 7.07. The number of ether oxygens (including phenoxy) is 1. The molecule has 1 fully saturated rings. The third kappa shape index (κ3) is 4.78. The smallest absolute Gasteiger partial charge is 0.213 e. The van der Waals surface area contributed by atoms with Crippen molar-refractivity contribution in [3.05, 3.63) is 23.9 Å². The van der Waals surface area contributed by atoms with Gasteiger partial charge in [-0.15, -0.1) is 0 Å². The van der Waals surface area contributed by atoms with Gasteiger partial charge in [-0.1, -0.05) is 27.7 Å². The summed E-state index contributed by atoms with van der Waals surface area (Å²) in [5.74, 6) is 2.29. The molecule has 2 rings (SSSR count). The second-order valence-corrected chi connectivity index (χ2v) is 6.70. The Kier molecular flexibility index (Phi) is 5.41.